The summed E-state index contributed by atoms with van der Waals surface area (Å²) in [6.07, 6.45) is 1.63. The van der Waals surface area contributed by atoms with Crippen LogP contribution in [0.25, 0.3) is 0 Å². The van der Waals surface area contributed by atoms with Gasteiger partial charge in [-0.2, -0.15) is 5.10 Å². The molecule has 2 aromatic rings. The lowest BCUT2D eigenvalue weighted by atomic mass is 10.0. The number of hydrogen-bond acceptors (Lipinski definition) is 2. The fourth-order valence-electron chi connectivity index (χ4n) is 2.22. The average Bonchev–Trinajstić information content (AvgIpc) is 2.42. The van der Waals surface area contributed by atoms with Crippen LogP contribution in [0.1, 0.15) is 32.6 Å². The molecule has 0 aliphatic rings. The van der Waals surface area contributed by atoms with E-state index in [1.807, 2.05) is 20.8 Å². The van der Waals surface area contributed by atoms with Crippen LogP contribution in [0.2, 0.25) is 0 Å². The van der Waals surface area contributed by atoms with Crippen molar-refractivity contribution in [1.29, 1.82) is 0 Å². The summed E-state index contributed by atoms with van der Waals surface area (Å²) < 4.78 is 12.8. The Balaban J connectivity index is 2.09. The summed E-state index contributed by atoms with van der Waals surface area (Å²) in [5.74, 6) is -0.741. The molecule has 0 aromatic heterocycles. The maximum atomic E-state index is 12.8. The van der Waals surface area contributed by atoms with Gasteiger partial charge in [0.15, 0.2) is 0 Å². The minimum absolute atomic E-state index is 0.367. The van der Waals surface area contributed by atoms with Gasteiger partial charge >= 0.3 is 0 Å². The number of hydrazone groups is 1. The minimum Gasteiger partial charge on any atom is -0.267 e. The van der Waals surface area contributed by atoms with E-state index in [0.29, 0.717) is 5.56 Å². The van der Waals surface area contributed by atoms with Gasteiger partial charge in [0, 0.05) is 11.1 Å². The molecule has 0 radical (unpaired) electrons. The number of halogens is 1. The average molecular weight is 284 g/mol. The molecule has 0 spiro atoms. The Morgan fingerprint density at radius 1 is 1.10 bits per heavy atom. The van der Waals surface area contributed by atoms with E-state index in [1.54, 1.807) is 6.21 Å². The van der Waals surface area contributed by atoms with Crippen molar-refractivity contribution in [2.24, 2.45) is 5.10 Å². The molecule has 108 valence electrons. The van der Waals surface area contributed by atoms with Crippen LogP contribution in [0.15, 0.2) is 41.5 Å². The first-order valence-corrected chi connectivity index (χ1v) is 6.64. The Morgan fingerprint density at radius 2 is 1.67 bits per heavy atom. The zero-order valence-corrected chi connectivity index (χ0v) is 12.3. The predicted molar refractivity (Wildman–Crippen MR) is 82.1 cm³/mol. The molecule has 1 amide bonds. The van der Waals surface area contributed by atoms with Gasteiger partial charge in [-0.3, -0.25) is 4.79 Å². The van der Waals surface area contributed by atoms with E-state index in [4.69, 9.17) is 0 Å². The maximum absolute atomic E-state index is 12.8. The first-order chi connectivity index (χ1) is 9.97. The fourth-order valence-corrected chi connectivity index (χ4v) is 2.22. The monoisotopic (exact) mass is 284 g/mol. The number of benzene rings is 2. The van der Waals surface area contributed by atoms with Gasteiger partial charge in [-0.15, -0.1) is 0 Å². The van der Waals surface area contributed by atoms with Crippen molar-refractivity contribution in [2.75, 3.05) is 0 Å². The first kappa shape index (κ1) is 14.9. The van der Waals surface area contributed by atoms with Gasteiger partial charge < -0.3 is 0 Å². The number of rotatable bonds is 3. The van der Waals surface area contributed by atoms with Crippen LogP contribution in [0.4, 0.5) is 4.39 Å². The van der Waals surface area contributed by atoms with Gasteiger partial charge in [-0.1, -0.05) is 17.7 Å². The molecule has 0 saturated carbocycles. The molecule has 0 saturated heterocycles. The van der Waals surface area contributed by atoms with Crippen molar-refractivity contribution in [2.45, 2.75) is 20.8 Å². The molecule has 0 atom stereocenters. The molecule has 0 heterocycles. The van der Waals surface area contributed by atoms with E-state index in [2.05, 4.69) is 22.7 Å². The number of hydrogen-bond donors (Lipinski definition) is 1. The van der Waals surface area contributed by atoms with Crippen LogP contribution in [-0.4, -0.2) is 12.1 Å². The Labute approximate surface area is 123 Å². The number of amides is 1. The molecule has 0 aliphatic heterocycles. The topological polar surface area (TPSA) is 41.5 Å². The number of carbonyl (C=O) groups excluding carboxylic acids is 1. The summed E-state index contributed by atoms with van der Waals surface area (Å²) in [4.78, 5) is 11.8. The highest BCUT2D eigenvalue weighted by atomic mass is 19.1. The summed E-state index contributed by atoms with van der Waals surface area (Å²) >= 11 is 0. The minimum atomic E-state index is -0.374. The molecular formula is C17H17FN2O. The zero-order chi connectivity index (χ0) is 15.4. The van der Waals surface area contributed by atoms with Crippen LogP contribution in [0.5, 0.6) is 0 Å². The Hall–Kier alpha value is -2.49. The quantitative estimate of drug-likeness (QED) is 0.680. The molecule has 2 rings (SSSR count). The highest BCUT2D eigenvalue weighted by molar-refractivity contribution is 5.95. The molecule has 1 N–H and O–H groups in total. The van der Waals surface area contributed by atoms with Gasteiger partial charge in [-0.25, -0.2) is 9.82 Å². The number of nitrogens with zero attached hydrogens (tertiary/aromatic N) is 1. The summed E-state index contributed by atoms with van der Waals surface area (Å²) in [7, 11) is 0. The highest BCUT2D eigenvalue weighted by Gasteiger charge is 2.04. The van der Waals surface area contributed by atoms with Gasteiger partial charge in [0.05, 0.1) is 6.21 Å². The van der Waals surface area contributed by atoms with E-state index in [-0.39, 0.29) is 11.7 Å². The lowest BCUT2D eigenvalue weighted by Crippen LogP contribution is -2.17. The second kappa shape index (κ2) is 6.31. The van der Waals surface area contributed by atoms with Crippen LogP contribution < -0.4 is 5.43 Å². The van der Waals surface area contributed by atoms with Crippen molar-refractivity contribution in [3.63, 3.8) is 0 Å². The third-order valence-corrected chi connectivity index (χ3v) is 3.20. The number of nitrogens with one attached hydrogen (secondary N) is 1. The summed E-state index contributed by atoms with van der Waals surface area (Å²) in [6, 6.07) is 9.46. The standard InChI is InChI=1S/C17H17FN2O/c1-11-8-12(2)16(13(3)9-11)10-19-20-17(21)14-4-6-15(18)7-5-14/h4-10H,1-3H3,(H,20,21). The van der Waals surface area contributed by atoms with Crippen molar-refractivity contribution in [3.05, 3.63) is 70.0 Å². The van der Waals surface area contributed by atoms with Crippen molar-refractivity contribution in [3.8, 4) is 0 Å². The molecule has 21 heavy (non-hydrogen) atoms. The number of aryl methyl sites for hydroxylation is 3. The molecular weight excluding hydrogens is 267 g/mol. The Morgan fingerprint density at radius 3 is 2.24 bits per heavy atom. The van der Waals surface area contributed by atoms with E-state index < -0.39 is 0 Å². The zero-order valence-electron chi connectivity index (χ0n) is 12.3. The van der Waals surface area contributed by atoms with Crippen LogP contribution in [0, 0.1) is 26.6 Å². The molecule has 4 heteroatoms. The second-order valence-electron chi connectivity index (χ2n) is 5.02. The Bertz CT molecular complexity index is 667. The molecule has 0 fully saturated rings. The van der Waals surface area contributed by atoms with Crippen LogP contribution in [-0.2, 0) is 0 Å². The smallest absolute Gasteiger partial charge is 0.267 e. The van der Waals surface area contributed by atoms with Gasteiger partial charge in [0.1, 0.15) is 5.82 Å². The van der Waals surface area contributed by atoms with Crippen molar-refractivity contribution < 1.29 is 9.18 Å². The molecule has 0 unspecified atom stereocenters. The molecule has 0 bridgehead atoms. The van der Waals surface area contributed by atoms with Crippen LogP contribution in [0.3, 0.4) is 0 Å². The van der Waals surface area contributed by atoms with E-state index in [0.717, 1.165) is 16.7 Å². The summed E-state index contributed by atoms with van der Waals surface area (Å²) in [5, 5.41) is 3.97. The predicted octanol–water partition coefficient (Wildman–Crippen LogP) is 3.51. The first-order valence-electron chi connectivity index (χ1n) is 6.64. The van der Waals surface area contributed by atoms with E-state index >= 15 is 0 Å². The largest absolute Gasteiger partial charge is 0.271 e. The normalized spacial score (nSPS) is 10.9. The third-order valence-electron chi connectivity index (χ3n) is 3.20. The Kier molecular flexibility index (Phi) is 4.48. The van der Waals surface area contributed by atoms with Crippen molar-refractivity contribution in [1.82, 2.24) is 5.43 Å². The molecule has 2 aromatic carbocycles. The van der Waals surface area contributed by atoms with E-state index in [9.17, 15) is 9.18 Å². The van der Waals surface area contributed by atoms with Gasteiger partial charge in [0.2, 0.25) is 0 Å². The van der Waals surface area contributed by atoms with Gasteiger partial charge in [-0.05, 0) is 56.2 Å². The van der Waals surface area contributed by atoms with Crippen molar-refractivity contribution >= 4 is 12.1 Å². The van der Waals surface area contributed by atoms with Gasteiger partial charge in [0.25, 0.3) is 5.91 Å². The fraction of sp³-hybridized carbons (Fsp3) is 0.176. The summed E-state index contributed by atoms with van der Waals surface area (Å²) in [6.45, 7) is 6.05. The maximum Gasteiger partial charge on any atom is 0.271 e. The second-order valence-corrected chi connectivity index (χ2v) is 5.02. The van der Waals surface area contributed by atoms with Crippen LogP contribution >= 0.6 is 0 Å². The lowest BCUT2D eigenvalue weighted by molar-refractivity contribution is 0.0955. The number of carbonyl (C=O) groups is 1. The highest BCUT2D eigenvalue weighted by Crippen LogP contribution is 2.14. The molecule has 3 nitrogen and oxygen atoms in total. The SMILES string of the molecule is Cc1cc(C)c(C=NNC(=O)c2ccc(F)cc2)c(C)c1. The van der Waals surface area contributed by atoms with E-state index in [1.165, 1.54) is 29.8 Å². The third kappa shape index (κ3) is 3.75. The lowest BCUT2D eigenvalue weighted by Gasteiger charge is -2.06. The molecule has 0 aliphatic carbocycles. The summed E-state index contributed by atoms with van der Waals surface area (Å²) in [5.41, 5.74) is 7.20.